The number of hydrogen-bond acceptors (Lipinski definition) is 4. The number of carbonyl (C=O) groups is 1. The minimum absolute atomic E-state index is 0.0697. The molecule has 0 aliphatic rings. The molecule has 140 valence electrons. The number of aromatic nitrogens is 3. The molecule has 1 aromatic heterocycles. The summed E-state index contributed by atoms with van der Waals surface area (Å²) in [5, 5.41) is 9.21. The molecule has 1 heterocycles. The first-order valence-electron chi connectivity index (χ1n) is 8.86. The quantitative estimate of drug-likeness (QED) is 0.608. The number of amides is 1. The van der Waals surface area contributed by atoms with E-state index in [1.54, 1.807) is 4.90 Å². The van der Waals surface area contributed by atoms with Gasteiger partial charge in [-0.1, -0.05) is 54.2 Å². The van der Waals surface area contributed by atoms with Crippen LogP contribution in [0.25, 0.3) is 5.69 Å². The summed E-state index contributed by atoms with van der Waals surface area (Å²) in [5.74, 6) is 1.21. The van der Waals surface area contributed by atoms with Crippen molar-refractivity contribution < 1.29 is 4.79 Å². The van der Waals surface area contributed by atoms with Crippen LogP contribution in [-0.2, 0) is 11.3 Å². The van der Waals surface area contributed by atoms with E-state index in [4.69, 9.17) is 0 Å². The highest BCUT2D eigenvalue weighted by atomic mass is 32.2. The standard InChI is InChI=1S/C21H24N4OS/c1-15-9-5-7-11-18(15)13-24(4)20(26)14-27-21-23-22-17(3)25(21)19-12-8-6-10-16(19)2/h5-12H,13-14H2,1-4H3. The van der Waals surface area contributed by atoms with Gasteiger partial charge in [0, 0.05) is 13.6 Å². The summed E-state index contributed by atoms with van der Waals surface area (Å²) in [7, 11) is 1.84. The Morgan fingerprint density at radius 2 is 1.67 bits per heavy atom. The fraction of sp³-hybridized carbons (Fsp3) is 0.286. The van der Waals surface area contributed by atoms with Crippen LogP contribution in [0, 0.1) is 20.8 Å². The summed E-state index contributed by atoms with van der Waals surface area (Å²) < 4.78 is 2.01. The SMILES string of the molecule is Cc1ccccc1CN(C)C(=O)CSc1nnc(C)n1-c1ccccc1C. The number of carbonyl (C=O) groups excluding carboxylic acids is 1. The lowest BCUT2D eigenvalue weighted by Crippen LogP contribution is -2.28. The third kappa shape index (κ3) is 4.39. The van der Waals surface area contributed by atoms with Crippen LogP contribution >= 0.6 is 11.8 Å². The molecular weight excluding hydrogens is 356 g/mol. The summed E-state index contributed by atoms with van der Waals surface area (Å²) in [6.07, 6.45) is 0. The molecule has 0 bridgehead atoms. The maximum absolute atomic E-state index is 12.6. The van der Waals surface area contributed by atoms with Gasteiger partial charge in [0.1, 0.15) is 5.82 Å². The van der Waals surface area contributed by atoms with Gasteiger partial charge in [-0.05, 0) is 43.5 Å². The van der Waals surface area contributed by atoms with Crippen LogP contribution in [0.3, 0.4) is 0 Å². The Hall–Kier alpha value is -2.60. The van der Waals surface area contributed by atoms with Crippen LogP contribution in [0.1, 0.15) is 22.5 Å². The molecule has 3 aromatic rings. The van der Waals surface area contributed by atoms with E-state index in [-0.39, 0.29) is 5.91 Å². The largest absolute Gasteiger partial charge is 0.341 e. The van der Waals surface area contributed by atoms with Crippen molar-refractivity contribution in [1.29, 1.82) is 0 Å². The Morgan fingerprint density at radius 1 is 1.00 bits per heavy atom. The molecule has 0 aliphatic heterocycles. The average molecular weight is 381 g/mol. The Kier molecular flexibility index (Phi) is 5.96. The molecule has 0 saturated carbocycles. The fourth-order valence-corrected chi connectivity index (χ4v) is 3.83. The predicted molar refractivity (Wildman–Crippen MR) is 109 cm³/mol. The molecule has 0 fully saturated rings. The van der Waals surface area contributed by atoms with Crippen molar-refractivity contribution in [2.75, 3.05) is 12.8 Å². The normalized spacial score (nSPS) is 10.8. The van der Waals surface area contributed by atoms with E-state index in [0.29, 0.717) is 12.3 Å². The maximum atomic E-state index is 12.6. The highest BCUT2D eigenvalue weighted by Crippen LogP contribution is 2.24. The molecule has 0 radical (unpaired) electrons. The monoisotopic (exact) mass is 380 g/mol. The van der Waals surface area contributed by atoms with E-state index in [2.05, 4.69) is 42.2 Å². The van der Waals surface area contributed by atoms with E-state index >= 15 is 0 Å². The van der Waals surface area contributed by atoms with Gasteiger partial charge in [-0.25, -0.2) is 0 Å². The second-order valence-corrected chi connectivity index (χ2v) is 7.56. The van der Waals surface area contributed by atoms with Crippen LogP contribution in [0.2, 0.25) is 0 Å². The van der Waals surface area contributed by atoms with Crippen LogP contribution < -0.4 is 0 Å². The summed E-state index contributed by atoms with van der Waals surface area (Å²) in [6, 6.07) is 16.2. The number of rotatable bonds is 6. The second kappa shape index (κ2) is 8.39. The number of thioether (sulfide) groups is 1. The Balaban J connectivity index is 1.70. The van der Waals surface area contributed by atoms with Gasteiger partial charge in [0.05, 0.1) is 11.4 Å². The van der Waals surface area contributed by atoms with Crippen LogP contribution in [0.4, 0.5) is 0 Å². The molecule has 0 unspecified atom stereocenters. The second-order valence-electron chi connectivity index (χ2n) is 6.62. The minimum atomic E-state index is 0.0697. The van der Waals surface area contributed by atoms with Gasteiger partial charge in [-0.3, -0.25) is 9.36 Å². The van der Waals surface area contributed by atoms with Crippen molar-refractivity contribution in [2.45, 2.75) is 32.5 Å². The van der Waals surface area contributed by atoms with Crippen LogP contribution in [-0.4, -0.2) is 38.4 Å². The van der Waals surface area contributed by atoms with Crippen LogP contribution in [0.5, 0.6) is 0 Å². The Labute approximate surface area is 164 Å². The van der Waals surface area contributed by atoms with Crippen molar-refractivity contribution in [3.8, 4) is 5.69 Å². The van der Waals surface area contributed by atoms with Crippen molar-refractivity contribution in [1.82, 2.24) is 19.7 Å². The molecule has 0 N–H and O–H groups in total. The predicted octanol–water partition coefficient (Wildman–Crippen LogP) is 3.94. The molecule has 0 aliphatic carbocycles. The molecule has 2 aromatic carbocycles. The van der Waals surface area contributed by atoms with Crippen molar-refractivity contribution in [2.24, 2.45) is 0 Å². The molecule has 0 saturated heterocycles. The highest BCUT2D eigenvalue weighted by molar-refractivity contribution is 7.99. The number of nitrogens with zero attached hydrogens (tertiary/aromatic N) is 4. The topological polar surface area (TPSA) is 51.0 Å². The molecule has 3 rings (SSSR count). The van der Waals surface area contributed by atoms with Crippen molar-refractivity contribution in [3.63, 3.8) is 0 Å². The Morgan fingerprint density at radius 3 is 2.37 bits per heavy atom. The fourth-order valence-electron chi connectivity index (χ4n) is 2.90. The van der Waals surface area contributed by atoms with E-state index in [0.717, 1.165) is 27.8 Å². The summed E-state index contributed by atoms with van der Waals surface area (Å²) in [6.45, 7) is 6.66. The van der Waals surface area contributed by atoms with E-state index < -0.39 is 0 Å². The zero-order chi connectivity index (χ0) is 19.4. The smallest absolute Gasteiger partial charge is 0.233 e. The molecule has 6 heteroatoms. The number of aryl methyl sites for hydroxylation is 3. The number of benzene rings is 2. The summed E-state index contributed by atoms with van der Waals surface area (Å²) >= 11 is 1.42. The minimum Gasteiger partial charge on any atom is -0.341 e. The van der Waals surface area contributed by atoms with E-state index in [9.17, 15) is 4.79 Å². The zero-order valence-electron chi connectivity index (χ0n) is 16.1. The third-order valence-electron chi connectivity index (χ3n) is 4.57. The van der Waals surface area contributed by atoms with Gasteiger partial charge in [0.15, 0.2) is 5.16 Å². The van der Waals surface area contributed by atoms with E-state index in [1.165, 1.54) is 17.3 Å². The van der Waals surface area contributed by atoms with E-state index in [1.807, 2.05) is 48.9 Å². The molecule has 1 amide bonds. The Bertz CT molecular complexity index is 951. The zero-order valence-corrected chi connectivity index (χ0v) is 17.0. The van der Waals surface area contributed by atoms with Gasteiger partial charge < -0.3 is 4.90 Å². The maximum Gasteiger partial charge on any atom is 0.233 e. The lowest BCUT2D eigenvalue weighted by molar-refractivity contribution is -0.127. The molecule has 5 nitrogen and oxygen atoms in total. The number of para-hydroxylation sites is 1. The highest BCUT2D eigenvalue weighted by Gasteiger charge is 2.16. The van der Waals surface area contributed by atoms with Crippen molar-refractivity contribution in [3.05, 3.63) is 71.0 Å². The molecule has 0 atom stereocenters. The summed E-state index contributed by atoms with van der Waals surface area (Å²) in [4.78, 5) is 14.4. The van der Waals surface area contributed by atoms with Gasteiger partial charge in [-0.2, -0.15) is 0 Å². The van der Waals surface area contributed by atoms with Crippen LogP contribution in [0.15, 0.2) is 53.7 Å². The molecule has 27 heavy (non-hydrogen) atoms. The first-order valence-corrected chi connectivity index (χ1v) is 9.85. The number of hydrogen-bond donors (Lipinski definition) is 0. The van der Waals surface area contributed by atoms with Crippen molar-refractivity contribution >= 4 is 17.7 Å². The van der Waals surface area contributed by atoms with Gasteiger partial charge in [0.25, 0.3) is 0 Å². The van der Waals surface area contributed by atoms with Gasteiger partial charge in [-0.15, -0.1) is 10.2 Å². The first-order chi connectivity index (χ1) is 13.0. The average Bonchev–Trinajstić information content (AvgIpc) is 3.02. The molecular formula is C21H24N4OS. The lowest BCUT2D eigenvalue weighted by Gasteiger charge is -2.18. The summed E-state index contributed by atoms with van der Waals surface area (Å²) in [5.41, 5.74) is 4.55. The first kappa shape index (κ1) is 19.2. The lowest BCUT2D eigenvalue weighted by atomic mass is 10.1. The molecule has 0 spiro atoms. The van der Waals surface area contributed by atoms with Gasteiger partial charge >= 0.3 is 0 Å². The third-order valence-corrected chi connectivity index (χ3v) is 5.48. The van der Waals surface area contributed by atoms with Gasteiger partial charge in [0.2, 0.25) is 5.91 Å².